The molecule has 0 bridgehead atoms. The lowest BCUT2D eigenvalue weighted by molar-refractivity contribution is -0.131. The molecule has 0 spiro atoms. The lowest BCUT2D eigenvalue weighted by Gasteiger charge is -2.44. The lowest BCUT2D eigenvalue weighted by Crippen LogP contribution is -2.55. The van der Waals surface area contributed by atoms with Gasteiger partial charge in [0.25, 0.3) is 5.91 Å². The van der Waals surface area contributed by atoms with E-state index in [1.54, 1.807) is 44.2 Å². The van der Waals surface area contributed by atoms with E-state index >= 15 is 0 Å². The smallest absolute Gasteiger partial charge is 0.253 e. The molecule has 0 saturated carbocycles. The van der Waals surface area contributed by atoms with Gasteiger partial charge in [-0.2, -0.15) is 0 Å². The van der Waals surface area contributed by atoms with Crippen molar-refractivity contribution in [3.8, 4) is 11.5 Å². The molecule has 1 aromatic rings. The molecule has 3 rings (SSSR count). The summed E-state index contributed by atoms with van der Waals surface area (Å²) in [4.78, 5) is 31.3. The third-order valence-electron chi connectivity index (χ3n) is 6.61. The predicted octanol–water partition coefficient (Wildman–Crippen LogP) is 2.27. The molecule has 8 nitrogen and oxygen atoms in total. The molecule has 2 heterocycles. The van der Waals surface area contributed by atoms with Gasteiger partial charge in [-0.3, -0.25) is 14.5 Å². The van der Waals surface area contributed by atoms with Gasteiger partial charge in [-0.05, 0) is 37.8 Å². The van der Waals surface area contributed by atoms with Crippen LogP contribution in [0.2, 0.25) is 0 Å². The Bertz CT molecular complexity index is 759. The van der Waals surface area contributed by atoms with Gasteiger partial charge in [0.1, 0.15) is 11.5 Å². The summed E-state index contributed by atoms with van der Waals surface area (Å²) >= 11 is 0. The van der Waals surface area contributed by atoms with E-state index in [0.717, 1.165) is 58.5 Å². The first kappa shape index (κ1) is 24.3. The van der Waals surface area contributed by atoms with Gasteiger partial charge in [-0.25, -0.2) is 0 Å². The minimum Gasteiger partial charge on any atom is -0.497 e. The molecule has 178 valence electrons. The van der Waals surface area contributed by atoms with Gasteiger partial charge in [0.2, 0.25) is 5.91 Å². The van der Waals surface area contributed by atoms with Crippen molar-refractivity contribution in [2.75, 3.05) is 60.7 Å². The second kappa shape index (κ2) is 11.5. The van der Waals surface area contributed by atoms with Crippen LogP contribution >= 0.6 is 0 Å². The molecular weight excluding hydrogens is 410 g/mol. The summed E-state index contributed by atoms with van der Waals surface area (Å²) in [6.07, 6.45) is 4.07. The van der Waals surface area contributed by atoms with E-state index in [2.05, 4.69) is 4.90 Å². The van der Waals surface area contributed by atoms with Gasteiger partial charge in [0, 0.05) is 77.1 Å². The van der Waals surface area contributed by atoms with Crippen molar-refractivity contribution in [3.63, 3.8) is 0 Å². The van der Waals surface area contributed by atoms with Crippen molar-refractivity contribution in [1.29, 1.82) is 0 Å². The fourth-order valence-corrected chi connectivity index (χ4v) is 4.71. The van der Waals surface area contributed by atoms with E-state index in [1.165, 1.54) is 0 Å². The standard InChI is InChI=1S/C24H37N3O5/c1-18(28)26-9-5-6-21(17-26)27(20-7-12-32-13-8-20)11-10-25(2)24(29)19-14-22(30-3)16-23(15-19)31-4/h14-16,20-21H,5-13,17H2,1-4H3. The van der Waals surface area contributed by atoms with Crippen molar-refractivity contribution in [3.05, 3.63) is 23.8 Å². The van der Waals surface area contributed by atoms with Gasteiger partial charge in [-0.15, -0.1) is 0 Å². The zero-order valence-electron chi connectivity index (χ0n) is 19.8. The fraction of sp³-hybridized carbons (Fsp3) is 0.667. The number of amides is 2. The molecule has 1 atom stereocenters. The minimum absolute atomic E-state index is 0.0665. The van der Waals surface area contributed by atoms with Crippen LogP contribution in [0.1, 0.15) is 43.0 Å². The maximum Gasteiger partial charge on any atom is 0.253 e. The monoisotopic (exact) mass is 447 g/mol. The predicted molar refractivity (Wildman–Crippen MR) is 122 cm³/mol. The van der Waals surface area contributed by atoms with Gasteiger partial charge in [0.15, 0.2) is 0 Å². The SMILES string of the molecule is COc1cc(OC)cc(C(=O)N(C)CCN(C2CCOCC2)C2CCCN(C(C)=O)C2)c1. The fourth-order valence-electron chi connectivity index (χ4n) is 4.71. The Kier molecular flexibility index (Phi) is 8.75. The summed E-state index contributed by atoms with van der Waals surface area (Å²) in [6.45, 7) is 6.15. The molecule has 1 unspecified atom stereocenters. The molecule has 0 N–H and O–H groups in total. The van der Waals surface area contributed by atoms with Gasteiger partial charge < -0.3 is 24.0 Å². The van der Waals surface area contributed by atoms with Crippen molar-refractivity contribution in [1.82, 2.24) is 14.7 Å². The Labute approximate surface area is 191 Å². The summed E-state index contributed by atoms with van der Waals surface area (Å²) < 4.78 is 16.2. The Morgan fingerprint density at radius 2 is 1.69 bits per heavy atom. The van der Waals surface area contributed by atoms with E-state index in [-0.39, 0.29) is 11.8 Å². The Morgan fingerprint density at radius 1 is 1.03 bits per heavy atom. The number of hydrogen-bond acceptors (Lipinski definition) is 6. The van der Waals surface area contributed by atoms with Crippen LogP contribution in [0, 0.1) is 0 Å². The topological polar surface area (TPSA) is 71.6 Å². The molecular formula is C24H37N3O5. The molecule has 2 aliphatic rings. The van der Waals surface area contributed by atoms with Crippen molar-refractivity contribution in [2.45, 2.75) is 44.7 Å². The number of nitrogens with zero attached hydrogens (tertiary/aromatic N) is 3. The molecule has 8 heteroatoms. The second-order valence-corrected chi connectivity index (χ2v) is 8.67. The molecule has 2 saturated heterocycles. The normalized spacial score (nSPS) is 19.7. The third-order valence-corrected chi connectivity index (χ3v) is 6.61. The Balaban J connectivity index is 1.69. The summed E-state index contributed by atoms with van der Waals surface area (Å²) in [5, 5.41) is 0. The molecule has 0 aromatic heterocycles. The van der Waals surface area contributed by atoms with Crippen LogP contribution < -0.4 is 9.47 Å². The highest BCUT2D eigenvalue weighted by atomic mass is 16.5. The molecule has 2 amide bonds. The highest BCUT2D eigenvalue weighted by Crippen LogP contribution is 2.25. The number of carbonyl (C=O) groups excluding carboxylic acids is 2. The van der Waals surface area contributed by atoms with E-state index in [0.29, 0.717) is 35.7 Å². The van der Waals surface area contributed by atoms with Crippen molar-refractivity contribution < 1.29 is 23.8 Å². The summed E-state index contributed by atoms with van der Waals surface area (Å²) in [5.41, 5.74) is 0.543. The average Bonchev–Trinajstić information content (AvgIpc) is 2.84. The average molecular weight is 448 g/mol. The molecule has 1 aromatic carbocycles. The largest absolute Gasteiger partial charge is 0.497 e. The number of likely N-dealkylation sites (tertiary alicyclic amines) is 1. The molecule has 0 aliphatic carbocycles. The Hall–Kier alpha value is -2.32. The first-order valence-electron chi connectivity index (χ1n) is 11.5. The number of carbonyl (C=O) groups is 2. The number of piperidine rings is 1. The summed E-state index contributed by atoms with van der Waals surface area (Å²) in [7, 11) is 4.99. The number of hydrogen-bond donors (Lipinski definition) is 0. The Morgan fingerprint density at radius 3 is 2.28 bits per heavy atom. The summed E-state index contributed by atoms with van der Waals surface area (Å²) in [5.74, 6) is 1.26. The van der Waals surface area contributed by atoms with Crippen molar-refractivity contribution >= 4 is 11.8 Å². The number of ether oxygens (including phenoxy) is 3. The minimum atomic E-state index is -0.0665. The van der Waals surface area contributed by atoms with E-state index in [4.69, 9.17) is 14.2 Å². The molecule has 0 radical (unpaired) electrons. The van der Waals surface area contributed by atoms with Crippen LogP contribution in [0.3, 0.4) is 0 Å². The van der Waals surface area contributed by atoms with Crippen molar-refractivity contribution in [2.24, 2.45) is 0 Å². The van der Waals surface area contributed by atoms with Crippen LogP contribution in [-0.2, 0) is 9.53 Å². The zero-order chi connectivity index (χ0) is 23.1. The van der Waals surface area contributed by atoms with Crippen LogP contribution in [0.5, 0.6) is 11.5 Å². The number of benzene rings is 1. The zero-order valence-corrected chi connectivity index (χ0v) is 19.8. The highest BCUT2D eigenvalue weighted by molar-refractivity contribution is 5.95. The second-order valence-electron chi connectivity index (χ2n) is 8.67. The third kappa shape index (κ3) is 6.13. The summed E-state index contributed by atoms with van der Waals surface area (Å²) in [6, 6.07) is 5.97. The first-order chi connectivity index (χ1) is 15.4. The van der Waals surface area contributed by atoms with Crippen LogP contribution in [0.15, 0.2) is 18.2 Å². The molecule has 32 heavy (non-hydrogen) atoms. The maximum absolute atomic E-state index is 13.1. The number of likely N-dealkylation sites (N-methyl/N-ethyl adjacent to an activating group) is 1. The van der Waals surface area contributed by atoms with E-state index < -0.39 is 0 Å². The van der Waals surface area contributed by atoms with Crippen LogP contribution in [0.4, 0.5) is 0 Å². The van der Waals surface area contributed by atoms with Gasteiger partial charge in [-0.1, -0.05) is 0 Å². The van der Waals surface area contributed by atoms with Crippen LogP contribution in [0.25, 0.3) is 0 Å². The number of methoxy groups -OCH3 is 2. The van der Waals surface area contributed by atoms with Gasteiger partial charge in [0.05, 0.1) is 14.2 Å². The lowest BCUT2D eigenvalue weighted by atomic mass is 9.98. The molecule has 2 fully saturated rings. The highest BCUT2D eigenvalue weighted by Gasteiger charge is 2.32. The van der Waals surface area contributed by atoms with E-state index in [9.17, 15) is 9.59 Å². The number of rotatable bonds is 8. The molecule has 2 aliphatic heterocycles. The quantitative estimate of drug-likeness (QED) is 0.609. The maximum atomic E-state index is 13.1. The van der Waals surface area contributed by atoms with Gasteiger partial charge >= 0.3 is 0 Å². The first-order valence-corrected chi connectivity index (χ1v) is 11.5. The van der Waals surface area contributed by atoms with E-state index in [1.807, 2.05) is 11.9 Å². The van der Waals surface area contributed by atoms with Crippen LogP contribution in [-0.4, -0.2) is 99.3 Å².